The highest BCUT2D eigenvalue weighted by molar-refractivity contribution is 6.46. The summed E-state index contributed by atoms with van der Waals surface area (Å²) < 4.78 is 0. The molecule has 1 aliphatic rings. The van der Waals surface area contributed by atoms with Crippen LogP contribution in [0.25, 0.3) is 5.57 Å². The average Bonchev–Trinajstić information content (AvgIpc) is 2.98. The first-order valence-corrected chi connectivity index (χ1v) is 10.7. The number of carbonyl (C=O) groups is 3. The highest BCUT2D eigenvalue weighted by Crippen LogP contribution is 2.34. The molecule has 0 unspecified atom stereocenters. The van der Waals surface area contributed by atoms with E-state index in [1.807, 2.05) is 51.1 Å². The zero-order valence-electron chi connectivity index (χ0n) is 19.0. The zero-order chi connectivity index (χ0) is 23.7. The molecule has 0 atom stereocenters. The number of imide groups is 1. The normalized spacial score (nSPS) is 13.5. The van der Waals surface area contributed by atoms with E-state index in [4.69, 9.17) is 0 Å². The van der Waals surface area contributed by atoms with Crippen molar-refractivity contribution in [1.82, 2.24) is 0 Å². The number of carbonyl (C=O) groups excluding carboxylic acids is 3. The van der Waals surface area contributed by atoms with Gasteiger partial charge in [-0.3, -0.25) is 14.4 Å². The Hall–Kier alpha value is -4.19. The minimum Gasteiger partial charge on any atom is -0.350 e. The number of nitrogens with one attached hydrogen (secondary N) is 2. The summed E-state index contributed by atoms with van der Waals surface area (Å²) in [5, 5.41) is 5.92. The number of anilines is 3. The van der Waals surface area contributed by atoms with Crippen LogP contribution in [0.1, 0.15) is 29.2 Å². The molecule has 0 saturated heterocycles. The Morgan fingerprint density at radius 2 is 1.33 bits per heavy atom. The lowest BCUT2D eigenvalue weighted by Crippen LogP contribution is -2.32. The average molecular weight is 440 g/mol. The molecule has 0 bridgehead atoms. The molecule has 6 nitrogen and oxygen atoms in total. The Morgan fingerprint density at radius 3 is 1.91 bits per heavy atom. The number of aryl methyl sites for hydroxylation is 3. The molecule has 0 aromatic heterocycles. The maximum absolute atomic E-state index is 13.5. The summed E-state index contributed by atoms with van der Waals surface area (Å²) in [7, 11) is 0. The summed E-state index contributed by atoms with van der Waals surface area (Å²) in [6.45, 7) is 7.34. The van der Waals surface area contributed by atoms with Gasteiger partial charge in [-0.1, -0.05) is 35.9 Å². The van der Waals surface area contributed by atoms with Gasteiger partial charge in [0.25, 0.3) is 11.8 Å². The van der Waals surface area contributed by atoms with E-state index >= 15 is 0 Å². The molecule has 1 aliphatic heterocycles. The van der Waals surface area contributed by atoms with E-state index in [2.05, 4.69) is 10.6 Å². The molecule has 6 heteroatoms. The molecule has 4 rings (SSSR count). The van der Waals surface area contributed by atoms with Crippen LogP contribution in [-0.4, -0.2) is 17.7 Å². The van der Waals surface area contributed by atoms with Gasteiger partial charge < -0.3 is 10.6 Å². The summed E-state index contributed by atoms with van der Waals surface area (Å²) in [4.78, 5) is 39.6. The van der Waals surface area contributed by atoms with Crippen molar-refractivity contribution in [2.75, 3.05) is 15.5 Å². The molecule has 2 N–H and O–H groups in total. The Kier molecular flexibility index (Phi) is 5.84. The molecule has 3 aromatic carbocycles. The number of nitrogens with zero attached hydrogens (tertiary/aromatic N) is 1. The summed E-state index contributed by atoms with van der Waals surface area (Å²) in [6, 6.07) is 20.1. The van der Waals surface area contributed by atoms with E-state index < -0.39 is 11.8 Å². The second kappa shape index (κ2) is 8.74. The maximum Gasteiger partial charge on any atom is 0.282 e. The van der Waals surface area contributed by atoms with Crippen molar-refractivity contribution < 1.29 is 14.4 Å². The standard InChI is InChI=1S/C27H25N3O3/c1-16-5-11-23(12-6-16)30-26(32)24(20-7-9-21(10-8-20)28-19(4)31)25(27(30)33)29-22-14-17(2)13-18(3)15-22/h5-15,29H,1-4H3,(H,28,31). The SMILES string of the molecule is CC(=O)Nc1ccc(C2=C(Nc3cc(C)cc(C)c3)C(=O)N(c3ccc(C)cc3)C2=O)cc1. The number of amides is 3. The predicted molar refractivity (Wildman–Crippen MR) is 131 cm³/mol. The molecule has 0 spiro atoms. The lowest BCUT2D eigenvalue weighted by molar-refractivity contribution is -0.120. The van der Waals surface area contributed by atoms with E-state index in [0.29, 0.717) is 16.9 Å². The van der Waals surface area contributed by atoms with Crippen LogP contribution < -0.4 is 15.5 Å². The van der Waals surface area contributed by atoms with Gasteiger partial charge in [0.1, 0.15) is 5.70 Å². The summed E-state index contributed by atoms with van der Waals surface area (Å²) in [5.74, 6) is -0.997. The maximum atomic E-state index is 13.5. The number of hydrogen-bond donors (Lipinski definition) is 2. The monoisotopic (exact) mass is 439 g/mol. The third-order valence-corrected chi connectivity index (χ3v) is 5.36. The van der Waals surface area contributed by atoms with Gasteiger partial charge in [0.2, 0.25) is 5.91 Å². The van der Waals surface area contributed by atoms with Crippen LogP contribution in [0.5, 0.6) is 0 Å². The van der Waals surface area contributed by atoms with Gasteiger partial charge in [-0.2, -0.15) is 0 Å². The van der Waals surface area contributed by atoms with Crippen LogP contribution in [0.2, 0.25) is 0 Å². The van der Waals surface area contributed by atoms with Crippen molar-refractivity contribution in [2.45, 2.75) is 27.7 Å². The second-order valence-corrected chi connectivity index (χ2v) is 8.29. The van der Waals surface area contributed by atoms with Crippen molar-refractivity contribution in [2.24, 2.45) is 0 Å². The third kappa shape index (κ3) is 4.55. The van der Waals surface area contributed by atoms with Gasteiger partial charge in [-0.15, -0.1) is 0 Å². The Morgan fingerprint density at radius 1 is 0.727 bits per heavy atom. The summed E-state index contributed by atoms with van der Waals surface area (Å²) in [5.41, 5.74) is 6.09. The Bertz CT molecular complexity index is 1270. The Labute approximate surface area is 192 Å². The van der Waals surface area contributed by atoms with Crippen LogP contribution in [0.15, 0.2) is 72.4 Å². The van der Waals surface area contributed by atoms with Crippen LogP contribution in [0, 0.1) is 20.8 Å². The molecular formula is C27H25N3O3. The molecular weight excluding hydrogens is 414 g/mol. The molecule has 0 fully saturated rings. The van der Waals surface area contributed by atoms with E-state index in [1.54, 1.807) is 36.4 Å². The minimum atomic E-state index is -0.413. The van der Waals surface area contributed by atoms with Crippen LogP contribution in [0.3, 0.4) is 0 Å². The van der Waals surface area contributed by atoms with E-state index in [-0.39, 0.29) is 17.2 Å². The summed E-state index contributed by atoms with van der Waals surface area (Å²) in [6.07, 6.45) is 0. The number of benzene rings is 3. The fourth-order valence-electron chi connectivity index (χ4n) is 3.96. The van der Waals surface area contributed by atoms with Gasteiger partial charge in [0.05, 0.1) is 11.3 Å². The van der Waals surface area contributed by atoms with E-state index in [1.165, 1.54) is 11.8 Å². The van der Waals surface area contributed by atoms with Gasteiger partial charge in [0, 0.05) is 18.3 Å². The van der Waals surface area contributed by atoms with Crippen LogP contribution >= 0.6 is 0 Å². The van der Waals surface area contributed by atoms with Crippen LogP contribution in [0.4, 0.5) is 17.1 Å². The minimum absolute atomic E-state index is 0.184. The van der Waals surface area contributed by atoms with Gasteiger partial charge >= 0.3 is 0 Å². The lowest BCUT2D eigenvalue weighted by atomic mass is 10.0. The van der Waals surface area contributed by atoms with E-state index in [0.717, 1.165) is 22.4 Å². The Balaban J connectivity index is 1.80. The van der Waals surface area contributed by atoms with Gasteiger partial charge in [0.15, 0.2) is 0 Å². The summed E-state index contributed by atoms with van der Waals surface area (Å²) >= 11 is 0. The fraction of sp³-hybridized carbons (Fsp3) is 0.148. The molecule has 166 valence electrons. The molecule has 3 aromatic rings. The molecule has 0 aliphatic carbocycles. The first kappa shape index (κ1) is 22.0. The fourth-order valence-corrected chi connectivity index (χ4v) is 3.96. The quantitative estimate of drug-likeness (QED) is 0.551. The zero-order valence-corrected chi connectivity index (χ0v) is 19.0. The third-order valence-electron chi connectivity index (χ3n) is 5.36. The number of hydrogen-bond acceptors (Lipinski definition) is 4. The van der Waals surface area contributed by atoms with Crippen molar-refractivity contribution in [3.63, 3.8) is 0 Å². The van der Waals surface area contributed by atoms with Crippen molar-refractivity contribution in [3.8, 4) is 0 Å². The van der Waals surface area contributed by atoms with Crippen LogP contribution in [-0.2, 0) is 14.4 Å². The van der Waals surface area contributed by atoms with Gasteiger partial charge in [-0.05, 0) is 73.9 Å². The highest BCUT2D eigenvalue weighted by atomic mass is 16.2. The first-order chi connectivity index (χ1) is 15.7. The molecule has 3 amide bonds. The largest absolute Gasteiger partial charge is 0.350 e. The molecule has 33 heavy (non-hydrogen) atoms. The molecule has 0 saturated carbocycles. The molecule has 0 radical (unpaired) electrons. The van der Waals surface area contributed by atoms with Gasteiger partial charge in [-0.25, -0.2) is 4.90 Å². The van der Waals surface area contributed by atoms with E-state index in [9.17, 15) is 14.4 Å². The number of rotatable bonds is 5. The highest BCUT2D eigenvalue weighted by Gasteiger charge is 2.40. The topological polar surface area (TPSA) is 78.5 Å². The lowest BCUT2D eigenvalue weighted by Gasteiger charge is -2.16. The predicted octanol–water partition coefficient (Wildman–Crippen LogP) is 4.97. The van der Waals surface area contributed by atoms with Crippen molar-refractivity contribution >= 4 is 40.4 Å². The second-order valence-electron chi connectivity index (χ2n) is 8.29. The van der Waals surface area contributed by atoms with Crippen molar-refractivity contribution in [1.29, 1.82) is 0 Å². The van der Waals surface area contributed by atoms with Crippen molar-refractivity contribution in [3.05, 3.63) is 94.7 Å². The smallest absolute Gasteiger partial charge is 0.282 e. The molecule has 1 heterocycles. The first-order valence-electron chi connectivity index (χ1n) is 10.7.